The number of pyridine rings is 1. The van der Waals surface area contributed by atoms with Gasteiger partial charge in [-0.25, -0.2) is 20.8 Å². The number of thioether (sulfide) groups is 1. The van der Waals surface area contributed by atoms with E-state index in [4.69, 9.17) is 5.84 Å². The molecule has 0 aliphatic rings. The number of nitrogens with zero attached hydrogens (tertiary/aromatic N) is 3. The molecule has 0 spiro atoms. The smallest absolute Gasteiger partial charge is 0.283 e. The highest BCUT2D eigenvalue weighted by molar-refractivity contribution is 7.98. The van der Waals surface area contributed by atoms with Gasteiger partial charge in [0.05, 0.1) is 5.69 Å². The first-order valence-corrected chi connectivity index (χ1v) is 6.15. The molecule has 0 saturated carbocycles. The molecule has 6 nitrogen and oxygen atoms in total. The van der Waals surface area contributed by atoms with Gasteiger partial charge in [-0.2, -0.15) is 0 Å². The maximum absolute atomic E-state index is 11.3. The van der Waals surface area contributed by atoms with E-state index >= 15 is 0 Å². The summed E-state index contributed by atoms with van der Waals surface area (Å²) >= 11 is 1.45. The molecule has 2 heterocycles. The second kappa shape index (κ2) is 6.08. The van der Waals surface area contributed by atoms with Crippen LogP contribution in [0, 0.1) is 0 Å². The van der Waals surface area contributed by atoms with Crippen molar-refractivity contribution in [3.05, 3.63) is 48.0 Å². The number of aromatic nitrogens is 3. The zero-order valence-corrected chi connectivity index (χ0v) is 10.2. The largest absolute Gasteiger partial charge is 0.289 e. The SMILES string of the molecule is NNC(=O)c1cccc(CSc2ncccn2)n1. The van der Waals surface area contributed by atoms with Gasteiger partial charge in [-0.1, -0.05) is 17.8 Å². The van der Waals surface area contributed by atoms with Crippen LogP contribution in [0.2, 0.25) is 0 Å². The van der Waals surface area contributed by atoms with Gasteiger partial charge in [0.1, 0.15) is 5.69 Å². The molecule has 0 aliphatic carbocycles. The molecule has 7 heteroatoms. The highest BCUT2D eigenvalue weighted by Crippen LogP contribution is 2.17. The maximum Gasteiger partial charge on any atom is 0.283 e. The molecular weight excluding hydrogens is 250 g/mol. The average molecular weight is 261 g/mol. The standard InChI is InChI=1S/C11H11N5OS/c12-16-10(17)9-4-1-3-8(15-9)7-18-11-13-5-2-6-14-11/h1-6H,7,12H2,(H,16,17). The molecule has 0 atom stereocenters. The Hall–Kier alpha value is -1.99. The molecule has 0 fully saturated rings. The summed E-state index contributed by atoms with van der Waals surface area (Å²) < 4.78 is 0. The molecule has 3 N–H and O–H groups in total. The first kappa shape index (κ1) is 12.5. The lowest BCUT2D eigenvalue weighted by Gasteiger charge is -2.02. The van der Waals surface area contributed by atoms with Crippen LogP contribution in [0.4, 0.5) is 0 Å². The van der Waals surface area contributed by atoms with Crippen molar-refractivity contribution in [1.82, 2.24) is 20.4 Å². The highest BCUT2D eigenvalue weighted by Gasteiger charge is 2.06. The summed E-state index contributed by atoms with van der Waals surface area (Å²) in [6, 6.07) is 6.96. The number of hydrogen-bond donors (Lipinski definition) is 2. The zero-order valence-electron chi connectivity index (χ0n) is 9.41. The molecule has 2 rings (SSSR count). The summed E-state index contributed by atoms with van der Waals surface area (Å²) in [4.78, 5) is 23.7. The fraction of sp³-hybridized carbons (Fsp3) is 0.0909. The average Bonchev–Trinajstić information content (AvgIpc) is 2.45. The van der Waals surface area contributed by atoms with Gasteiger partial charge in [0.15, 0.2) is 5.16 Å². The summed E-state index contributed by atoms with van der Waals surface area (Å²) in [6.45, 7) is 0. The molecule has 0 saturated heterocycles. The van der Waals surface area contributed by atoms with Crippen molar-refractivity contribution in [1.29, 1.82) is 0 Å². The van der Waals surface area contributed by atoms with E-state index in [0.29, 0.717) is 16.6 Å². The van der Waals surface area contributed by atoms with Crippen molar-refractivity contribution < 1.29 is 4.79 Å². The molecule has 92 valence electrons. The van der Waals surface area contributed by atoms with Gasteiger partial charge >= 0.3 is 0 Å². The van der Waals surface area contributed by atoms with E-state index in [2.05, 4.69) is 15.0 Å². The lowest BCUT2D eigenvalue weighted by atomic mass is 10.3. The van der Waals surface area contributed by atoms with Gasteiger partial charge in [-0.05, 0) is 18.2 Å². The van der Waals surface area contributed by atoms with Crippen molar-refractivity contribution in [3.63, 3.8) is 0 Å². The third kappa shape index (κ3) is 3.25. The minimum Gasteiger partial charge on any atom is -0.289 e. The van der Waals surface area contributed by atoms with Gasteiger partial charge in [0.25, 0.3) is 5.91 Å². The van der Waals surface area contributed by atoms with Crippen molar-refractivity contribution in [3.8, 4) is 0 Å². The Labute approximate surface area is 108 Å². The first-order valence-electron chi connectivity index (χ1n) is 5.16. The number of hydrazine groups is 1. The van der Waals surface area contributed by atoms with Crippen molar-refractivity contribution in [2.24, 2.45) is 5.84 Å². The second-order valence-electron chi connectivity index (χ2n) is 3.31. The first-order chi connectivity index (χ1) is 8.79. The summed E-state index contributed by atoms with van der Waals surface area (Å²) in [5.41, 5.74) is 3.12. The molecule has 0 unspecified atom stereocenters. The predicted molar refractivity (Wildman–Crippen MR) is 67.5 cm³/mol. The Morgan fingerprint density at radius 2 is 2.06 bits per heavy atom. The van der Waals surface area contributed by atoms with Gasteiger partial charge in [0, 0.05) is 18.1 Å². The topological polar surface area (TPSA) is 93.8 Å². The Morgan fingerprint density at radius 3 is 2.78 bits per heavy atom. The quantitative estimate of drug-likeness (QED) is 0.277. The summed E-state index contributed by atoms with van der Waals surface area (Å²) in [7, 11) is 0. The molecular formula is C11H11N5OS. The van der Waals surface area contributed by atoms with Crippen LogP contribution in [0.1, 0.15) is 16.2 Å². The Bertz CT molecular complexity index is 534. The minimum atomic E-state index is -0.405. The van der Waals surface area contributed by atoms with Crippen molar-refractivity contribution in [2.75, 3.05) is 0 Å². The molecule has 1 amide bonds. The van der Waals surface area contributed by atoms with E-state index in [-0.39, 0.29) is 0 Å². The molecule has 2 aromatic rings. The molecule has 0 aliphatic heterocycles. The second-order valence-corrected chi connectivity index (χ2v) is 4.25. The van der Waals surface area contributed by atoms with E-state index in [9.17, 15) is 4.79 Å². The number of nitrogen functional groups attached to an aromatic ring is 1. The summed E-state index contributed by atoms with van der Waals surface area (Å²) in [5.74, 6) is 5.24. The lowest BCUT2D eigenvalue weighted by Crippen LogP contribution is -2.30. The van der Waals surface area contributed by atoms with Crippen LogP contribution < -0.4 is 11.3 Å². The maximum atomic E-state index is 11.3. The Kier molecular flexibility index (Phi) is 4.21. The normalized spacial score (nSPS) is 10.1. The van der Waals surface area contributed by atoms with Crippen LogP contribution in [-0.4, -0.2) is 20.9 Å². The van der Waals surface area contributed by atoms with E-state index in [1.54, 1.807) is 30.6 Å². The molecule has 18 heavy (non-hydrogen) atoms. The number of nitrogens with one attached hydrogen (secondary N) is 1. The third-order valence-corrected chi connectivity index (χ3v) is 2.97. The van der Waals surface area contributed by atoms with E-state index in [0.717, 1.165) is 5.69 Å². The predicted octanol–water partition coefficient (Wildman–Crippen LogP) is 0.767. The minimum absolute atomic E-state index is 0.296. The van der Waals surface area contributed by atoms with Crippen LogP contribution in [0.25, 0.3) is 0 Å². The number of amides is 1. The molecule has 2 aromatic heterocycles. The van der Waals surface area contributed by atoms with E-state index in [1.807, 2.05) is 11.5 Å². The number of rotatable bonds is 4. The Balaban J connectivity index is 2.04. The molecule has 0 radical (unpaired) electrons. The van der Waals surface area contributed by atoms with Crippen LogP contribution in [0.3, 0.4) is 0 Å². The van der Waals surface area contributed by atoms with E-state index < -0.39 is 5.91 Å². The number of hydrogen-bond acceptors (Lipinski definition) is 6. The number of carbonyl (C=O) groups excluding carboxylic acids is 1. The third-order valence-electron chi connectivity index (χ3n) is 2.06. The van der Waals surface area contributed by atoms with Gasteiger partial charge in [-0.3, -0.25) is 10.2 Å². The molecule has 0 aromatic carbocycles. The summed E-state index contributed by atoms with van der Waals surface area (Å²) in [5, 5.41) is 0.674. The van der Waals surface area contributed by atoms with E-state index in [1.165, 1.54) is 11.8 Å². The zero-order chi connectivity index (χ0) is 12.8. The summed E-state index contributed by atoms with van der Waals surface area (Å²) in [6.07, 6.45) is 3.36. The number of carbonyl (C=O) groups is 1. The molecule has 0 bridgehead atoms. The fourth-order valence-electron chi connectivity index (χ4n) is 1.26. The Morgan fingerprint density at radius 1 is 1.28 bits per heavy atom. The highest BCUT2D eigenvalue weighted by atomic mass is 32.2. The van der Waals surface area contributed by atoms with Crippen LogP contribution >= 0.6 is 11.8 Å². The number of nitrogens with two attached hydrogens (primary N) is 1. The van der Waals surface area contributed by atoms with Crippen LogP contribution in [0.15, 0.2) is 41.8 Å². The fourth-order valence-corrected chi connectivity index (χ4v) is 1.97. The monoisotopic (exact) mass is 261 g/mol. The van der Waals surface area contributed by atoms with Crippen LogP contribution in [0.5, 0.6) is 0 Å². The van der Waals surface area contributed by atoms with Gasteiger partial charge in [0.2, 0.25) is 0 Å². The van der Waals surface area contributed by atoms with Crippen molar-refractivity contribution >= 4 is 17.7 Å². The lowest BCUT2D eigenvalue weighted by molar-refractivity contribution is 0.0948. The van der Waals surface area contributed by atoms with Gasteiger partial charge < -0.3 is 0 Å². The van der Waals surface area contributed by atoms with Gasteiger partial charge in [-0.15, -0.1) is 0 Å². The van der Waals surface area contributed by atoms with Crippen LogP contribution in [-0.2, 0) is 5.75 Å². The van der Waals surface area contributed by atoms with Crippen molar-refractivity contribution in [2.45, 2.75) is 10.9 Å².